The number of rotatable bonds is 0. The predicted octanol–water partition coefficient (Wildman–Crippen LogP) is 2.92. The first-order valence-corrected chi connectivity index (χ1v) is 2.07. The molecule has 11 heteroatoms. The maximum Gasteiger partial charge on any atom is 0.591 e. The van der Waals surface area contributed by atoms with Crippen LogP contribution in [0.2, 0.25) is 0 Å². The molecule has 0 saturated carbocycles. The predicted molar refractivity (Wildman–Crippen MR) is 25.9 cm³/mol. The van der Waals surface area contributed by atoms with Gasteiger partial charge in [-0.2, -0.15) is 0 Å². The van der Waals surface area contributed by atoms with Crippen LogP contribution in [-0.2, 0) is 4.57 Å². The number of hydrogen-bond acceptors (Lipinski definition) is 1. The third kappa shape index (κ3) is 3470. The van der Waals surface area contributed by atoms with Crippen molar-refractivity contribution in [3.05, 3.63) is 0 Å². The average molecular weight is 224 g/mol. The van der Waals surface area contributed by atoms with Crippen LogP contribution in [-0.4, -0.2) is 0 Å². The van der Waals surface area contributed by atoms with Gasteiger partial charge in [-0.25, -0.2) is 4.57 Å². The topological polar surface area (TPSA) is 17.1 Å². The van der Waals surface area contributed by atoms with Crippen LogP contribution in [0, 0.1) is 0 Å². The molecule has 0 aromatic carbocycles. The molecule has 0 saturated heterocycles. The van der Waals surface area contributed by atoms with Gasteiger partial charge < -0.3 is 0 Å². The first-order chi connectivity index (χ1) is 2.00. The van der Waals surface area contributed by atoms with E-state index in [2.05, 4.69) is 0 Å². The quantitative estimate of drug-likeness (QED) is 0.456. The molecule has 0 aliphatic rings. The zero-order valence-electron chi connectivity index (χ0n) is 4.44. The van der Waals surface area contributed by atoms with Crippen molar-refractivity contribution < 1.29 is 45.4 Å². The van der Waals surface area contributed by atoms with Gasteiger partial charge in [-0.3, -0.25) is 28.2 Å². The molecule has 0 fully saturated rings. The minimum absolute atomic E-state index is 0. The second-order valence-electron chi connectivity index (χ2n) is 0.399. The Morgan fingerprint density at radius 3 is 0.636 bits per heavy atom. The van der Waals surface area contributed by atoms with Crippen LogP contribution in [0.15, 0.2) is 0 Å². The SMILES string of the molecule is F.F.F.F.F.F.O=P(F)(F)F. The van der Waals surface area contributed by atoms with Gasteiger partial charge in [0.05, 0.1) is 0 Å². The summed E-state index contributed by atoms with van der Waals surface area (Å²) >= 11 is 0. The highest BCUT2D eigenvalue weighted by Gasteiger charge is 2.13. The van der Waals surface area contributed by atoms with E-state index in [0.717, 1.165) is 0 Å². The van der Waals surface area contributed by atoms with Crippen molar-refractivity contribution in [1.29, 1.82) is 0 Å². The number of halogens is 9. The molecular weight excluding hydrogens is 218 g/mol. The van der Waals surface area contributed by atoms with E-state index in [1.807, 2.05) is 0 Å². The van der Waals surface area contributed by atoms with Gasteiger partial charge in [0.1, 0.15) is 0 Å². The fourth-order valence-corrected chi connectivity index (χ4v) is 0. The third-order valence-corrected chi connectivity index (χ3v) is 0. The van der Waals surface area contributed by atoms with Crippen LogP contribution in [0.1, 0.15) is 0 Å². The smallest absolute Gasteiger partial charge is 0.269 e. The van der Waals surface area contributed by atoms with E-state index < -0.39 is 8.07 Å². The van der Waals surface area contributed by atoms with E-state index in [4.69, 9.17) is 4.57 Å². The molecule has 0 heterocycles. The lowest BCUT2D eigenvalue weighted by atomic mass is 16.0. The van der Waals surface area contributed by atoms with E-state index >= 15 is 0 Å². The summed E-state index contributed by atoms with van der Waals surface area (Å²) in [5.74, 6) is 0. The molecule has 0 radical (unpaired) electrons. The summed E-state index contributed by atoms with van der Waals surface area (Å²) < 4.78 is 37.9. The highest BCUT2D eigenvalue weighted by atomic mass is 31.3. The Morgan fingerprint density at radius 1 is 0.636 bits per heavy atom. The molecule has 80 valence electrons. The van der Waals surface area contributed by atoms with Crippen molar-refractivity contribution in [2.45, 2.75) is 0 Å². The summed E-state index contributed by atoms with van der Waals surface area (Å²) in [4.78, 5) is 0. The van der Waals surface area contributed by atoms with Gasteiger partial charge in [0, 0.05) is 0 Å². The van der Waals surface area contributed by atoms with Crippen molar-refractivity contribution in [2.24, 2.45) is 0 Å². The highest BCUT2D eigenvalue weighted by Crippen LogP contribution is 2.50. The Balaban J connectivity index is -0.00000000533. The molecule has 0 rings (SSSR count). The van der Waals surface area contributed by atoms with Crippen molar-refractivity contribution in [1.82, 2.24) is 0 Å². The monoisotopic (exact) mass is 224 g/mol. The largest absolute Gasteiger partial charge is 0.591 e. The van der Waals surface area contributed by atoms with Crippen molar-refractivity contribution in [3.63, 3.8) is 0 Å². The van der Waals surface area contributed by atoms with E-state index in [-0.39, 0.29) is 28.2 Å². The molecule has 0 N–H and O–H groups in total. The third-order valence-electron chi connectivity index (χ3n) is 0. The molecule has 0 amide bonds. The van der Waals surface area contributed by atoms with Crippen molar-refractivity contribution >= 4 is 8.07 Å². The Hall–Kier alpha value is -0.400. The van der Waals surface area contributed by atoms with Gasteiger partial charge in [-0.1, -0.05) is 0 Å². The molecule has 0 aromatic heterocycles. The van der Waals surface area contributed by atoms with Crippen LogP contribution >= 0.6 is 8.07 Å². The van der Waals surface area contributed by atoms with E-state index in [1.54, 1.807) is 0 Å². The fourth-order valence-electron chi connectivity index (χ4n) is 0. The molecule has 0 atom stereocenters. The minimum atomic E-state index is -6.14. The Bertz CT molecular complexity index is 55.7. The standard InChI is InChI=1S/F3OP.6FH/c1-5(2,3)4;;;;;;/h;6*1H. The van der Waals surface area contributed by atoms with Crippen LogP contribution in [0.5, 0.6) is 0 Å². The molecule has 0 aliphatic carbocycles. The summed E-state index contributed by atoms with van der Waals surface area (Å²) in [6.45, 7) is 0. The zero-order chi connectivity index (χ0) is 4.50. The lowest BCUT2D eigenvalue weighted by Crippen LogP contribution is -1.30. The summed E-state index contributed by atoms with van der Waals surface area (Å²) in [5.41, 5.74) is 0. The van der Waals surface area contributed by atoms with E-state index in [1.165, 1.54) is 0 Å². The Labute approximate surface area is 54.9 Å². The van der Waals surface area contributed by atoms with Crippen LogP contribution in [0.4, 0.5) is 40.8 Å². The summed E-state index contributed by atoms with van der Waals surface area (Å²) in [5, 5.41) is 0. The van der Waals surface area contributed by atoms with Gasteiger partial charge in [0.2, 0.25) is 0 Å². The molecular formula is H6F9OP. The van der Waals surface area contributed by atoms with Gasteiger partial charge >= 0.3 is 8.07 Å². The maximum absolute atomic E-state index is 9.91. The molecule has 0 aromatic rings. The molecule has 11 heavy (non-hydrogen) atoms. The molecule has 1 nitrogen and oxygen atoms in total. The number of hydrogen-bond donors (Lipinski definition) is 0. The summed E-state index contributed by atoms with van der Waals surface area (Å²) in [7, 11) is -6.14. The van der Waals surface area contributed by atoms with Crippen molar-refractivity contribution in [2.75, 3.05) is 0 Å². The Kier molecular flexibility index (Phi) is 155. The lowest BCUT2D eigenvalue weighted by molar-refractivity contribution is 0.440. The summed E-state index contributed by atoms with van der Waals surface area (Å²) in [6.07, 6.45) is 0. The normalized spacial score (nSPS) is 5.36. The molecule has 0 spiro atoms. The summed E-state index contributed by atoms with van der Waals surface area (Å²) in [6, 6.07) is 0. The van der Waals surface area contributed by atoms with Crippen LogP contribution < -0.4 is 0 Å². The van der Waals surface area contributed by atoms with Gasteiger partial charge in [-0.05, 0) is 0 Å². The second kappa shape index (κ2) is 22.6. The van der Waals surface area contributed by atoms with Gasteiger partial charge in [0.25, 0.3) is 0 Å². The average Bonchev–Trinajstić information content (AvgIpc) is 0.722. The Morgan fingerprint density at radius 2 is 0.636 bits per heavy atom. The molecule has 0 unspecified atom stereocenters. The fraction of sp³-hybridized carbons (Fsp3) is 0. The highest BCUT2D eigenvalue weighted by molar-refractivity contribution is 7.47. The minimum Gasteiger partial charge on any atom is -0.269 e. The maximum atomic E-state index is 9.91. The first-order valence-electron chi connectivity index (χ1n) is 0.690. The van der Waals surface area contributed by atoms with E-state index in [9.17, 15) is 12.6 Å². The van der Waals surface area contributed by atoms with Crippen LogP contribution in [0.3, 0.4) is 0 Å². The zero-order valence-corrected chi connectivity index (χ0v) is 5.33. The van der Waals surface area contributed by atoms with Gasteiger partial charge in [0.15, 0.2) is 0 Å². The van der Waals surface area contributed by atoms with E-state index in [0.29, 0.717) is 0 Å². The molecule has 0 bridgehead atoms. The first kappa shape index (κ1) is 75.4. The lowest BCUT2D eigenvalue weighted by Gasteiger charge is -1.68. The van der Waals surface area contributed by atoms with Crippen molar-refractivity contribution in [3.8, 4) is 0 Å². The van der Waals surface area contributed by atoms with Crippen LogP contribution in [0.25, 0.3) is 0 Å². The molecule has 0 aliphatic heterocycles. The second-order valence-corrected chi connectivity index (χ2v) is 1.20. The van der Waals surface area contributed by atoms with Gasteiger partial charge in [-0.15, -0.1) is 12.6 Å².